The fourth-order valence-electron chi connectivity index (χ4n) is 1.69. The van der Waals surface area contributed by atoms with Crippen molar-refractivity contribution >= 4 is 33.5 Å². The van der Waals surface area contributed by atoms with Crippen LogP contribution < -0.4 is 5.32 Å². The third kappa shape index (κ3) is 2.88. The van der Waals surface area contributed by atoms with Gasteiger partial charge in [-0.05, 0) is 40.5 Å². The molecule has 0 fully saturated rings. The highest BCUT2D eigenvalue weighted by Crippen LogP contribution is 2.23. The monoisotopic (exact) mass is 337 g/mol. The second kappa shape index (κ2) is 5.46. The van der Waals surface area contributed by atoms with Crippen molar-refractivity contribution in [3.05, 3.63) is 45.7 Å². The number of nitrogens with zero attached hydrogens (tertiary/aromatic N) is 2. The number of nitrogens with one attached hydrogen (secondary N) is 1. The fraction of sp³-hybridized carbons (Fsp3) is 0.154. The molecule has 0 atom stereocenters. The summed E-state index contributed by atoms with van der Waals surface area (Å²) >= 11 is 3.36. The molecule has 6 nitrogen and oxygen atoms in total. The van der Waals surface area contributed by atoms with E-state index in [9.17, 15) is 9.59 Å². The zero-order valence-electron chi connectivity index (χ0n) is 10.8. The number of carboxylic acid groups (broad SMARTS) is 1. The van der Waals surface area contributed by atoms with Gasteiger partial charge in [0.05, 0.1) is 5.69 Å². The van der Waals surface area contributed by atoms with Gasteiger partial charge < -0.3 is 10.4 Å². The van der Waals surface area contributed by atoms with Crippen LogP contribution in [0.5, 0.6) is 0 Å². The minimum atomic E-state index is -1.13. The van der Waals surface area contributed by atoms with Gasteiger partial charge in [-0.2, -0.15) is 5.10 Å². The average molecular weight is 338 g/mol. The molecule has 0 saturated carbocycles. The number of amides is 1. The normalized spacial score (nSPS) is 10.3. The van der Waals surface area contributed by atoms with Crippen LogP contribution in [-0.2, 0) is 7.05 Å². The van der Waals surface area contributed by atoms with E-state index in [0.717, 1.165) is 14.7 Å². The quantitative estimate of drug-likeness (QED) is 0.900. The van der Waals surface area contributed by atoms with Gasteiger partial charge in [-0.25, -0.2) is 4.79 Å². The highest BCUT2D eigenvalue weighted by Gasteiger charge is 2.17. The number of carbonyl (C=O) groups excluding carboxylic acids is 1. The van der Waals surface area contributed by atoms with E-state index in [1.165, 1.54) is 13.1 Å². The van der Waals surface area contributed by atoms with E-state index in [-0.39, 0.29) is 11.4 Å². The lowest BCUT2D eigenvalue weighted by Crippen LogP contribution is -2.13. The first-order valence-corrected chi connectivity index (χ1v) is 6.52. The number of benzene rings is 1. The van der Waals surface area contributed by atoms with Crippen molar-refractivity contribution in [2.75, 3.05) is 5.32 Å². The first-order chi connectivity index (χ1) is 9.38. The van der Waals surface area contributed by atoms with Crippen LogP contribution in [0, 0.1) is 6.92 Å². The van der Waals surface area contributed by atoms with Crippen molar-refractivity contribution in [2.45, 2.75) is 6.92 Å². The van der Waals surface area contributed by atoms with Crippen LogP contribution in [0.15, 0.2) is 28.7 Å². The molecular weight excluding hydrogens is 326 g/mol. The number of aromatic nitrogens is 2. The Labute approximate surface area is 123 Å². The summed E-state index contributed by atoms with van der Waals surface area (Å²) in [7, 11) is 1.47. The molecule has 20 heavy (non-hydrogen) atoms. The first-order valence-electron chi connectivity index (χ1n) is 5.73. The maximum Gasteiger partial charge on any atom is 0.354 e. The van der Waals surface area contributed by atoms with Gasteiger partial charge in [-0.15, -0.1) is 0 Å². The second-order valence-electron chi connectivity index (χ2n) is 4.28. The molecule has 1 amide bonds. The van der Waals surface area contributed by atoms with Crippen molar-refractivity contribution < 1.29 is 14.7 Å². The summed E-state index contributed by atoms with van der Waals surface area (Å²) < 4.78 is 1.90. The molecule has 1 aromatic heterocycles. The topological polar surface area (TPSA) is 84.2 Å². The predicted molar refractivity (Wildman–Crippen MR) is 77.0 cm³/mol. The van der Waals surface area contributed by atoms with Gasteiger partial charge in [-0.1, -0.05) is 6.07 Å². The molecule has 0 aliphatic carbocycles. The molecule has 0 spiro atoms. The maximum atomic E-state index is 12.0. The minimum Gasteiger partial charge on any atom is -0.477 e. The molecular formula is C13H12BrN3O3. The van der Waals surface area contributed by atoms with E-state index in [2.05, 4.69) is 26.3 Å². The zero-order chi connectivity index (χ0) is 14.9. The van der Waals surface area contributed by atoms with Crippen LogP contribution >= 0.6 is 15.9 Å². The fourth-order valence-corrected chi connectivity index (χ4v) is 2.28. The van der Waals surface area contributed by atoms with Gasteiger partial charge in [0.15, 0.2) is 5.69 Å². The van der Waals surface area contributed by atoms with Gasteiger partial charge >= 0.3 is 5.97 Å². The Morgan fingerprint density at radius 1 is 1.35 bits per heavy atom. The van der Waals surface area contributed by atoms with Crippen molar-refractivity contribution in [1.29, 1.82) is 0 Å². The Hall–Kier alpha value is -2.15. The number of carboxylic acids is 1. The number of hydrogen-bond acceptors (Lipinski definition) is 3. The molecule has 2 N–H and O–H groups in total. The molecule has 2 rings (SSSR count). The van der Waals surface area contributed by atoms with Crippen LogP contribution in [0.2, 0.25) is 0 Å². The number of halogens is 1. The number of aryl methyl sites for hydroxylation is 2. The Kier molecular flexibility index (Phi) is 3.89. The van der Waals surface area contributed by atoms with Crippen molar-refractivity contribution in [2.24, 2.45) is 7.05 Å². The lowest BCUT2D eigenvalue weighted by atomic mass is 10.2. The van der Waals surface area contributed by atoms with Crippen LogP contribution in [0.25, 0.3) is 0 Å². The Morgan fingerprint density at radius 2 is 2.05 bits per heavy atom. The molecule has 0 aliphatic rings. The highest BCUT2D eigenvalue weighted by molar-refractivity contribution is 9.10. The third-order valence-corrected chi connectivity index (χ3v) is 3.36. The van der Waals surface area contributed by atoms with Crippen LogP contribution in [0.4, 0.5) is 5.69 Å². The smallest absolute Gasteiger partial charge is 0.354 e. The molecule has 104 valence electrons. The largest absolute Gasteiger partial charge is 0.477 e. The number of anilines is 1. The van der Waals surface area contributed by atoms with Gasteiger partial charge in [-0.3, -0.25) is 9.48 Å². The summed E-state index contributed by atoms with van der Waals surface area (Å²) in [6.45, 7) is 1.94. The summed E-state index contributed by atoms with van der Waals surface area (Å²) in [5, 5.41) is 15.5. The van der Waals surface area contributed by atoms with Gasteiger partial charge in [0.25, 0.3) is 5.91 Å². The number of hydrogen-bond donors (Lipinski definition) is 2. The number of carbonyl (C=O) groups is 2. The lowest BCUT2D eigenvalue weighted by Gasteiger charge is -2.06. The van der Waals surface area contributed by atoms with Gasteiger partial charge in [0, 0.05) is 17.6 Å². The van der Waals surface area contributed by atoms with Crippen LogP contribution in [0.3, 0.4) is 0 Å². The van der Waals surface area contributed by atoms with Crippen molar-refractivity contribution in [3.63, 3.8) is 0 Å². The minimum absolute atomic E-state index is 0.0434. The number of rotatable bonds is 3. The average Bonchev–Trinajstić information content (AvgIpc) is 2.75. The van der Waals surface area contributed by atoms with E-state index in [4.69, 9.17) is 5.11 Å². The molecule has 0 aliphatic heterocycles. The molecule has 0 unspecified atom stereocenters. The summed E-state index contributed by atoms with van der Waals surface area (Å²) in [6.07, 6.45) is 0. The SMILES string of the molecule is Cc1ccc(NC(=O)c2cc(C(=O)O)n(C)n2)c(Br)c1. The van der Waals surface area contributed by atoms with Gasteiger partial charge in [0.2, 0.25) is 0 Å². The maximum absolute atomic E-state index is 12.0. The van der Waals surface area contributed by atoms with Crippen LogP contribution in [-0.4, -0.2) is 26.8 Å². The molecule has 0 radical (unpaired) electrons. The molecule has 7 heteroatoms. The molecule has 2 aromatic rings. The van der Waals surface area contributed by atoms with E-state index in [0.29, 0.717) is 5.69 Å². The van der Waals surface area contributed by atoms with Crippen LogP contribution in [0.1, 0.15) is 26.5 Å². The third-order valence-electron chi connectivity index (χ3n) is 2.70. The van der Waals surface area contributed by atoms with Gasteiger partial charge in [0.1, 0.15) is 5.69 Å². The van der Waals surface area contributed by atoms with Crippen molar-refractivity contribution in [3.8, 4) is 0 Å². The van der Waals surface area contributed by atoms with Crippen molar-refractivity contribution in [1.82, 2.24) is 9.78 Å². The zero-order valence-corrected chi connectivity index (χ0v) is 12.4. The summed E-state index contributed by atoms with van der Waals surface area (Å²) in [6, 6.07) is 6.73. The molecule has 0 saturated heterocycles. The molecule has 1 heterocycles. The van der Waals surface area contributed by atoms with E-state index >= 15 is 0 Å². The van der Waals surface area contributed by atoms with E-state index < -0.39 is 11.9 Å². The standard InChI is InChI=1S/C13H12BrN3O3/c1-7-3-4-9(8(14)5-7)15-12(18)10-6-11(13(19)20)17(2)16-10/h3-6H,1-2H3,(H,15,18)(H,19,20). The second-order valence-corrected chi connectivity index (χ2v) is 5.14. The summed E-state index contributed by atoms with van der Waals surface area (Å²) in [4.78, 5) is 22.9. The Morgan fingerprint density at radius 3 is 2.60 bits per heavy atom. The Bertz CT molecular complexity index is 694. The first kappa shape index (κ1) is 14.3. The summed E-state index contributed by atoms with van der Waals surface area (Å²) in [5.41, 5.74) is 1.67. The Balaban J connectivity index is 2.24. The summed E-state index contributed by atoms with van der Waals surface area (Å²) in [5.74, 6) is -1.59. The highest BCUT2D eigenvalue weighted by atomic mass is 79.9. The van der Waals surface area contributed by atoms with E-state index in [1.807, 2.05) is 19.1 Å². The molecule has 0 bridgehead atoms. The van der Waals surface area contributed by atoms with E-state index in [1.54, 1.807) is 6.07 Å². The number of aromatic carboxylic acids is 1. The molecule has 1 aromatic carbocycles. The lowest BCUT2D eigenvalue weighted by molar-refractivity contribution is 0.0685. The predicted octanol–water partition coefficient (Wildman–Crippen LogP) is 2.44.